The molecule has 2 nitrogen and oxygen atoms in total. The summed E-state index contributed by atoms with van der Waals surface area (Å²) in [5.41, 5.74) is 0. The first-order valence-corrected chi connectivity index (χ1v) is 5.64. The third-order valence-corrected chi connectivity index (χ3v) is 3.62. The molecule has 2 aliphatic rings. The van der Waals surface area contributed by atoms with Crippen molar-refractivity contribution in [2.24, 2.45) is 11.8 Å². The van der Waals surface area contributed by atoms with Crippen LogP contribution in [0.15, 0.2) is 0 Å². The molecule has 0 radical (unpaired) electrons. The normalized spacial score (nSPS) is 36.0. The number of rotatable bonds is 2. The standard InChI is InChI=1S/C11H20FNO/c1-8(2)10-3-4-13(5-11(10)12)9-6-14-7-9/h8-11H,3-7H2,1-2H3/t10-,11+/m0/s1. The minimum Gasteiger partial charge on any atom is -0.378 e. The predicted octanol–water partition coefficient (Wildman–Crippen LogP) is 1.70. The van der Waals surface area contributed by atoms with Gasteiger partial charge in [-0.15, -0.1) is 0 Å². The van der Waals surface area contributed by atoms with Crippen LogP contribution in [-0.2, 0) is 4.74 Å². The molecule has 0 unspecified atom stereocenters. The summed E-state index contributed by atoms with van der Waals surface area (Å²) in [5, 5.41) is 0. The Labute approximate surface area is 85.4 Å². The van der Waals surface area contributed by atoms with Gasteiger partial charge in [-0.3, -0.25) is 4.90 Å². The summed E-state index contributed by atoms with van der Waals surface area (Å²) < 4.78 is 18.9. The fourth-order valence-electron chi connectivity index (χ4n) is 2.46. The first-order chi connectivity index (χ1) is 6.68. The van der Waals surface area contributed by atoms with Gasteiger partial charge in [-0.25, -0.2) is 4.39 Å². The highest BCUT2D eigenvalue weighted by atomic mass is 19.1. The second-order valence-corrected chi connectivity index (χ2v) is 4.90. The summed E-state index contributed by atoms with van der Waals surface area (Å²) in [5.74, 6) is 0.747. The molecule has 14 heavy (non-hydrogen) atoms. The zero-order valence-electron chi connectivity index (χ0n) is 9.08. The molecule has 2 heterocycles. The van der Waals surface area contributed by atoms with Crippen molar-refractivity contribution < 1.29 is 9.13 Å². The summed E-state index contributed by atoms with van der Waals surface area (Å²) in [4.78, 5) is 2.26. The maximum Gasteiger partial charge on any atom is 0.116 e. The molecule has 0 aromatic carbocycles. The van der Waals surface area contributed by atoms with Gasteiger partial charge in [-0.05, 0) is 24.8 Å². The maximum atomic E-state index is 13.8. The summed E-state index contributed by atoms with van der Waals surface area (Å²) >= 11 is 0. The average Bonchev–Trinajstić information content (AvgIpc) is 2.00. The first kappa shape index (κ1) is 10.4. The van der Waals surface area contributed by atoms with E-state index in [0.29, 0.717) is 18.5 Å². The molecule has 0 aliphatic carbocycles. The van der Waals surface area contributed by atoms with Crippen molar-refractivity contribution in [1.29, 1.82) is 0 Å². The Morgan fingerprint density at radius 3 is 2.50 bits per heavy atom. The van der Waals surface area contributed by atoms with Crippen molar-refractivity contribution in [3.05, 3.63) is 0 Å². The van der Waals surface area contributed by atoms with Crippen LogP contribution in [-0.4, -0.2) is 43.4 Å². The molecule has 3 heteroatoms. The molecule has 2 fully saturated rings. The Hall–Kier alpha value is -0.150. The van der Waals surface area contributed by atoms with Crippen molar-refractivity contribution >= 4 is 0 Å². The van der Waals surface area contributed by atoms with Gasteiger partial charge in [0.05, 0.1) is 19.3 Å². The van der Waals surface area contributed by atoms with Crippen LogP contribution < -0.4 is 0 Å². The Morgan fingerprint density at radius 1 is 1.36 bits per heavy atom. The Morgan fingerprint density at radius 2 is 2.07 bits per heavy atom. The smallest absolute Gasteiger partial charge is 0.116 e. The highest BCUT2D eigenvalue weighted by Gasteiger charge is 2.36. The molecule has 0 amide bonds. The second-order valence-electron chi connectivity index (χ2n) is 4.90. The number of halogens is 1. The summed E-state index contributed by atoms with van der Waals surface area (Å²) in [6, 6.07) is 0.501. The topological polar surface area (TPSA) is 12.5 Å². The number of alkyl halides is 1. The number of ether oxygens (including phenoxy) is 1. The minimum absolute atomic E-state index is 0.271. The average molecular weight is 201 g/mol. The quantitative estimate of drug-likeness (QED) is 0.674. The highest BCUT2D eigenvalue weighted by Crippen LogP contribution is 2.29. The molecular formula is C11H20FNO. The number of hydrogen-bond donors (Lipinski definition) is 0. The zero-order chi connectivity index (χ0) is 10.1. The molecule has 0 bridgehead atoms. The summed E-state index contributed by atoms with van der Waals surface area (Å²) in [6.07, 6.45) is 0.374. The largest absolute Gasteiger partial charge is 0.378 e. The number of hydrogen-bond acceptors (Lipinski definition) is 2. The molecule has 0 spiro atoms. The van der Waals surface area contributed by atoms with Crippen LogP contribution in [0, 0.1) is 11.8 Å². The monoisotopic (exact) mass is 201 g/mol. The maximum absolute atomic E-state index is 13.8. The number of nitrogens with zero attached hydrogens (tertiary/aromatic N) is 1. The fourth-order valence-corrected chi connectivity index (χ4v) is 2.46. The summed E-state index contributed by atoms with van der Waals surface area (Å²) in [6.45, 7) is 7.53. The van der Waals surface area contributed by atoms with Crippen molar-refractivity contribution in [1.82, 2.24) is 4.90 Å². The second kappa shape index (κ2) is 4.15. The van der Waals surface area contributed by atoms with Crippen molar-refractivity contribution in [2.75, 3.05) is 26.3 Å². The van der Waals surface area contributed by atoms with Crippen LogP contribution in [0.2, 0.25) is 0 Å². The van der Waals surface area contributed by atoms with Crippen LogP contribution in [0.5, 0.6) is 0 Å². The lowest BCUT2D eigenvalue weighted by Crippen LogP contribution is -2.55. The molecule has 0 N–H and O–H groups in total. The van der Waals surface area contributed by atoms with Gasteiger partial charge in [-0.1, -0.05) is 13.8 Å². The Kier molecular flexibility index (Phi) is 3.07. The van der Waals surface area contributed by atoms with Gasteiger partial charge in [0.2, 0.25) is 0 Å². The van der Waals surface area contributed by atoms with Gasteiger partial charge in [-0.2, -0.15) is 0 Å². The van der Waals surface area contributed by atoms with Crippen molar-refractivity contribution in [3.63, 3.8) is 0 Å². The highest BCUT2D eigenvalue weighted by molar-refractivity contribution is 4.87. The first-order valence-electron chi connectivity index (χ1n) is 5.64. The molecule has 2 atom stereocenters. The lowest BCUT2D eigenvalue weighted by atomic mass is 9.84. The van der Waals surface area contributed by atoms with E-state index in [1.165, 1.54) is 0 Å². The third-order valence-electron chi connectivity index (χ3n) is 3.62. The van der Waals surface area contributed by atoms with E-state index in [2.05, 4.69) is 18.7 Å². The molecule has 0 aromatic heterocycles. The zero-order valence-corrected chi connectivity index (χ0v) is 9.08. The molecule has 82 valence electrons. The van der Waals surface area contributed by atoms with E-state index in [1.54, 1.807) is 0 Å². The van der Waals surface area contributed by atoms with Gasteiger partial charge >= 0.3 is 0 Å². The summed E-state index contributed by atoms with van der Waals surface area (Å²) in [7, 11) is 0. The van der Waals surface area contributed by atoms with Gasteiger partial charge in [0.15, 0.2) is 0 Å². The third kappa shape index (κ3) is 1.94. The van der Waals surface area contributed by atoms with E-state index in [9.17, 15) is 4.39 Å². The van der Waals surface area contributed by atoms with Gasteiger partial charge in [0.25, 0.3) is 0 Å². The molecule has 2 rings (SSSR count). The van der Waals surface area contributed by atoms with E-state index in [0.717, 1.165) is 26.2 Å². The van der Waals surface area contributed by atoms with Crippen LogP contribution in [0.3, 0.4) is 0 Å². The lowest BCUT2D eigenvalue weighted by Gasteiger charge is -2.43. The SMILES string of the molecule is CC(C)[C@@H]1CCN(C2COC2)C[C@H]1F. The Balaban J connectivity index is 1.85. The molecule has 0 saturated carbocycles. The molecule has 0 aromatic rings. The van der Waals surface area contributed by atoms with Crippen LogP contribution >= 0.6 is 0 Å². The van der Waals surface area contributed by atoms with Crippen LogP contribution in [0.25, 0.3) is 0 Å². The van der Waals surface area contributed by atoms with Gasteiger partial charge in [0, 0.05) is 6.54 Å². The lowest BCUT2D eigenvalue weighted by molar-refractivity contribution is -0.0883. The van der Waals surface area contributed by atoms with Crippen molar-refractivity contribution in [2.45, 2.75) is 32.5 Å². The van der Waals surface area contributed by atoms with Gasteiger partial charge < -0.3 is 4.74 Å². The molecule has 2 aliphatic heterocycles. The fraction of sp³-hybridized carbons (Fsp3) is 1.00. The number of likely N-dealkylation sites (tertiary alicyclic amines) is 1. The van der Waals surface area contributed by atoms with Gasteiger partial charge in [0.1, 0.15) is 6.17 Å². The van der Waals surface area contributed by atoms with Crippen LogP contribution in [0.1, 0.15) is 20.3 Å². The van der Waals surface area contributed by atoms with Crippen LogP contribution in [0.4, 0.5) is 4.39 Å². The van der Waals surface area contributed by atoms with E-state index in [4.69, 9.17) is 4.74 Å². The van der Waals surface area contributed by atoms with E-state index >= 15 is 0 Å². The van der Waals surface area contributed by atoms with E-state index in [1.807, 2.05) is 0 Å². The predicted molar refractivity (Wildman–Crippen MR) is 54.0 cm³/mol. The van der Waals surface area contributed by atoms with Crippen molar-refractivity contribution in [3.8, 4) is 0 Å². The minimum atomic E-state index is -0.635. The van der Waals surface area contributed by atoms with E-state index in [-0.39, 0.29) is 5.92 Å². The molecular weight excluding hydrogens is 181 g/mol. The van der Waals surface area contributed by atoms with E-state index < -0.39 is 6.17 Å². The Bertz CT molecular complexity index is 194. The number of piperidine rings is 1. The molecule has 2 saturated heterocycles.